The highest BCUT2D eigenvalue weighted by Gasteiger charge is 2.39. The Kier molecular flexibility index (Phi) is 5.02. The van der Waals surface area contributed by atoms with Crippen LogP contribution < -0.4 is 5.73 Å². The van der Waals surface area contributed by atoms with Crippen molar-refractivity contribution in [3.05, 3.63) is 34.9 Å². The van der Waals surface area contributed by atoms with Gasteiger partial charge < -0.3 is 10.5 Å². The topological polar surface area (TPSA) is 55.6 Å². The van der Waals surface area contributed by atoms with Crippen LogP contribution in [0.3, 0.4) is 0 Å². The number of primary amides is 1. The lowest BCUT2D eigenvalue weighted by Gasteiger charge is -2.36. The summed E-state index contributed by atoms with van der Waals surface area (Å²) < 4.78 is 5.83. The minimum Gasteiger partial charge on any atom is -0.377 e. The first-order valence-corrected chi connectivity index (χ1v) is 8.74. The lowest BCUT2D eigenvalue weighted by molar-refractivity contribution is -0.124. The first-order chi connectivity index (χ1) is 11.0. The molecule has 0 saturated carbocycles. The Balaban J connectivity index is 1.55. The van der Waals surface area contributed by atoms with Gasteiger partial charge in [0.1, 0.15) is 0 Å². The van der Waals surface area contributed by atoms with E-state index in [0.29, 0.717) is 12.5 Å². The van der Waals surface area contributed by atoms with E-state index >= 15 is 0 Å². The predicted octanol–water partition coefficient (Wildman–Crippen LogP) is 2.41. The molecule has 3 rings (SSSR count). The van der Waals surface area contributed by atoms with Crippen LogP contribution in [-0.2, 0) is 16.1 Å². The Labute approximate surface area is 139 Å². The molecular weight excluding hydrogens is 288 g/mol. The lowest BCUT2D eigenvalue weighted by Crippen LogP contribution is -2.42. The van der Waals surface area contributed by atoms with Crippen LogP contribution in [0.15, 0.2) is 18.2 Å². The Morgan fingerprint density at radius 1 is 1.26 bits per heavy atom. The van der Waals surface area contributed by atoms with E-state index in [-0.39, 0.29) is 17.9 Å². The zero-order chi connectivity index (χ0) is 16.4. The number of carbonyl (C=O) groups excluding carboxylic acids is 1. The summed E-state index contributed by atoms with van der Waals surface area (Å²) in [5, 5.41) is 0. The van der Waals surface area contributed by atoms with Crippen molar-refractivity contribution < 1.29 is 9.53 Å². The molecule has 2 fully saturated rings. The van der Waals surface area contributed by atoms with Crippen LogP contribution in [0.2, 0.25) is 0 Å². The molecule has 2 aliphatic rings. The summed E-state index contributed by atoms with van der Waals surface area (Å²) in [6.45, 7) is 8.18. The molecule has 1 aromatic rings. The molecule has 1 aromatic carbocycles. The average Bonchev–Trinajstić information content (AvgIpc) is 3.00. The van der Waals surface area contributed by atoms with Crippen LogP contribution in [0.25, 0.3) is 0 Å². The molecule has 0 aliphatic carbocycles. The van der Waals surface area contributed by atoms with Gasteiger partial charge in [-0.2, -0.15) is 0 Å². The van der Waals surface area contributed by atoms with Gasteiger partial charge in [0.05, 0.1) is 12.0 Å². The van der Waals surface area contributed by atoms with Crippen molar-refractivity contribution in [3.63, 3.8) is 0 Å². The van der Waals surface area contributed by atoms with E-state index < -0.39 is 0 Å². The van der Waals surface area contributed by atoms with Crippen molar-refractivity contribution >= 4 is 5.91 Å². The number of hydrogen-bond donors (Lipinski definition) is 1. The molecule has 0 radical (unpaired) electrons. The molecule has 2 saturated heterocycles. The number of aryl methyl sites for hydroxylation is 2. The minimum atomic E-state index is -0.190. The highest BCUT2D eigenvalue weighted by atomic mass is 16.5. The van der Waals surface area contributed by atoms with Gasteiger partial charge in [0.2, 0.25) is 5.91 Å². The molecule has 0 aromatic heterocycles. The predicted molar refractivity (Wildman–Crippen MR) is 91.0 cm³/mol. The first kappa shape index (κ1) is 16.5. The van der Waals surface area contributed by atoms with Crippen LogP contribution in [0.1, 0.15) is 36.0 Å². The molecule has 4 heteroatoms. The second-order valence-corrected chi connectivity index (χ2v) is 7.18. The zero-order valence-electron chi connectivity index (χ0n) is 14.3. The summed E-state index contributed by atoms with van der Waals surface area (Å²) in [7, 11) is 0. The monoisotopic (exact) mass is 316 g/mol. The number of piperidine rings is 1. The van der Waals surface area contributed by atoms with E-state index in [2.05, 4.69) is 36.9 Å². The molecule has 126 valence electrons. The number of benzene rings is 1. The Bertz CT molecular complexity index is 564. The van der Waals surface area contributed by atoms with Crippen molar-refractivity contribution in [2.24, 2.45) is 17.6 Å². The second-order valence-electron chi connectivity index (χ2n) is 7.18. The fourth-order valence-corrected chi connectivity index (χ4v) is 4.08. The molecule has 0 unspecified atom stereocenters. The Morgan fingerprint density at radius 2 is 2.00 bits per heavy atom. The quantitative estimate of drug-likeness (QED) is 0.928. The number of carbonyl (C=O) groups is 1. The van der Waals surface area contributed by atoms with E-state index in [0.717, 1.165) is 38.9 Å². The maximum atomic E-state index is 11.6. The molecule has 23 heavy (non-hydrogen) atoms. The van der Waals surface area contributed by atoms with E-state index in [1.807, 2.05) is 0 Å². The third-order valence-corrected chi connectivity index (χ3v) is 5.49. The second kappa shape index (κ2) is 7.02. The number of likely N-dealkylation sites (tertiary alicyclic amines) is 1. The standard InChI is InChI=1S/C19H28N2O2/c1-13-3-4-16(14(2)11-13)12-21-8-5-15(6-9-21)18-17(19(20)22)7-10-23-18/h3-4,11,15,17-18H,5-10,12H2,1-2H3,(H2,20,22)/t17-,18+/m0/s1. The van der Waals surface area contributed by atoms with E-state index in [1.165, 1.54) is 16.7 Å². The largest absolute Gasteiger partial charge is 0.377 e. The average molecular weight is 316 g/mol. The van der Waals surface area contributed by atoms with Crippen LogP contribution in [-0.4, -0.2) is 36.6 Å². The minimum absolute atomic E-state index is 0.0516. The number of nitrogens with zero attached hydrogens (tertiary/aromatic N) is 1. The fraction of sp³-hybridized carbons (Fsp3) is 0.632. The SMILES string of the molecule is Cc1ccc(CN2CCC([C@H]3OCC[C@@H]3C(N)=O)CC2)c(C)c1. The van der Waals surface area contributed by atoms with Gasteiger partial charge in [-0.05, 0) is 63.2 Å². The van der Waals surface area contributed by atoms with Crippen molar-refractivity contribution in [1.82, 2.24) is 4.90 Å². The van der Waals surface area contributed by atoms with Gasteiger partial charge in [-0.1, -0.05) is 23.8 Å². The van der Waals surface area contributed by atoms with Crippen molar-refractivity contribution in [1.29, 1.82) is 0 Å². The number of ether oxygens (including phenoxy) is 1. The van der Waals surface area contributed by atoms with E-state index in [4.69, 9.17) is 10.5 Å². The number of rotatable bonds is 4. The molecule has 2 aliphatic heterocycles. The van der Waals surface area contributed by atoms with E-state index in [1.54, 1.807) is 0 Å². The van der Waals surface area contributed by atoms with Crippen molar-refractivity contribution in [3.8, 4) is 0 Å². The summed E-state index contributed by atoms with van der Waals surface area (Å²) in [4.78, 5) is 14.1. The molecule has 2 heterocycles. The van der Waals surface area contributed by atoms with Crippen LogP contribution in [0.5, 0.6) is 0 Å². The number of nitrogens with two attached hydrogens (primary N) is 1. The Hall–Kier alpha value is -1.39. The van der Waals surface area contributed by atoms with Gasteiger partial charge in [0.15, 0.2) is 0 Å². The van der Waals surface area contributed by atoms with Gasteiger partial charge in [0.25, 0.3) is 0 Å². The van der Waals surface area contributed by atoms with Crippen LogP contribution in [0.4, 0.5) is 0 Å². The smallest absolute Gasteiger partial charge is 0.223 e. The van der Waals surface area contributed by atoms with Crippen molar-refractivity contribution in [2.45, 2.75) is 45.8 Å². The summed E-state index contributed by atoms with van der Waals surface area (Å²) in [5.41, 5.74) is 9.64. The van der Waals surface area contributed by atoms with Crippen LogP contribution >= 0.6 is 0 Å². The first-order valence-electron chi connectivity index (χ1n) is 8.74. The third kappa shape index (κ3) is 3.75. The van der Waals surface area contributed by atoms with Gasteiger partial charge in [-0.25, -0.2) is 0 Å². The molecule has 0 spiro atoms. The van der Waals surface area contributed by atoms with Crippen molar-refractivity contribution in [2.75, 3.05) is 19.7 Å². The van der Waals surface area contributed by atoms with E-state index in [9.17, 15) is 4.79 Å². The van der Waals surface area contributed by atoms with Gasteiger partial charge in [0, 0.05) is 13.2 Å². The zero-order valence-corrected chi connectivity index (χ0v) is 14.3. The van der Waals surface area contributed by atoms with Gasteiger partial charge in [-0.15, -0.1) is 0 Å². The Morgan fingerprint density at radius 3 is 2.65 bits per heavy atom. The molecule has 4 nitrogen and oxygen atoms in total. The molecular formula is C19H28N2O2. The number of hydrogen-bond acceptors (Lipinski definition) is 3. The lowest BCUT2D eigenvalue weighted by atomic mass is 9.84. The van der Waals surface area contributed by atoms with Gasteiger partial charge in [-0.3, -0.25) is 9.69 Å². The fourth-order valence-electron chi connectivity index (χ4n) is 4.08. The molecule has 0 bridgehead atoms. The maximum Gasteiger partial charge on any atom is 0.223 e. The third-order valence-electron chi connectivity index (χ3n) is 5.49. The maximum absolute atomic E-state index is 11.6. The number of amides is 1. The summed E-state index contributed by atoms with van der Waals surface area (Å²) in [6, 6.07) is 6.70. The summed E-state index contributed by atoms with van der Waals surface area (Å²) >= 11 is 0. The molecule has 2 N–H and O–H groups in total. The van der Waals surface area contributed by atoms with Crippen LogP contribution in [0, 0.1) is 25.7 Å². The normalized spacial score (nSPS) is 26.5. The summed E-state index contributed by atoms with van der Waals surface area (Å²) in [5.74, 6) is 0.210. The van der Waals surface area contributed by atoms with Gasteiger partial charge >= 0.3 is 0 Å². The highest BCUT2D eigenvalue weighted by Crippen LogP contribution is 2.33. The summed E-state index contributed by atoms with van der Waals surface area (Å²) in [6.07, 6.45) is 3.04. The molecule has 1 amide bonds. The highest BCUT2D eigenvalue weighted by molar-refractivity contribution is 5.77. The molecule has 2 atom stereocenters.